The van der Waals surface area contributed by atoms with Crippen molar-refractivity contribution in [2.45, 2.75) is 19.3 Å². The van der Waals surface area contributed by atoms with E-state index >= 15 is 0 Å². The Bertz CT molecular complexity index is 158. The Labute approximate surface area is 68.2 Å². The number of ether oxygens (including phenoxy) is 1. The minimum absolute atomic E-state index is 0.126. The van der Waals surface area contributed by atoms with E-state index in [0.717, 1.165) is 0 Å². The van der Waals surface area contributed by atoms with E-state index in [1.165, 1.54) is 0 Å². The Hall–Kier alpha value is -0.540. The van der Waals surface area contributed by atoms with E-state index in [-0.39, 0.29) is 6.23 Å². The molecule has 0 aromatic heterocycles. The fourth-order valence-electron chi connectivity index (χ4n) is 1.21. The fraction of sp³-hybridized carbons (Fsp3) is 0.750. The second-order valence-corrected chi connectivity index (χ2v) is 2.93. The largest absolute Gasteiger partial charge is 0.365 e. The molecule has 3 nitrogen and oxygen atoms in total. The van der Waals surface area contributed by atoms with Gasteiger partial charge in [0.1, 0.15) is 6.23 Å². The van der Waals surface area contributed by atoms with Gasteiger partial charge in [-0.3, -0.25) is 4.90 Å². The maximum absolute atomic E-state index is 5.23. The summed E-state index contributed by atoms with van der Waals surface area (Å²) in [6.07, 6.45) is 4.63. The molecular formula is C8H16N2O. The molecule has 0 saturated carbocycles. The molecule has 0 bridgehead atoms. The van der Waals surface area contributed by atoms with Gasteiger partial charge in [0.15, 0.2) is 0 Å². The maximum atomic E-state index is 5.23. The summed E-state index contributed by atoms with van der Waals surface area (Å²) in [4.78, 5) is 4.31. The van der Waals surface area contributed by atoms with Crippen LogP contribution in [0, 0.1) is 0 Å². The zero-order valence-corrected chi connectivity index (χ0v) is 7.61. The van der Waals surface area contributed by atoms with Crippen LogP contribution < -0.4 is 0 Å². The van der Waals surface area contributed by atoms with Crippen molar-refractivity contribution in [3.05, 3.63) is 12.3 Å². The zero-order chi connectivity index (χ0) is 8.43. The second kappa shape index (κ2) is 3.24. The fourth-order valence-corrected chi connectivity index (χ4v) is 1.21. The third-order valence-corrected chi connectivity index (χ3v) is 2.31. The van der Waals surface area contributed by atoms with Crippen LogP contribution >= 0.6 is 0 Å². The summed E-state index contributed by atoms with van der Waals surface area (Å²) in [5.74, 6) is 0. The Morgan fingerprint density at radius 3 is 2.55 bits per heavy atom. The standard InChI is InChI=1S/C8H16N2O/c1-7-9(2)6-5-8(11-4)10(7)3/h5-8H,1-4H3. The van der Waals surface area contributed by atoms with Gasteiger partial charge in [-0.25, -0.2) is 0 Å². The van der Waals surface area contributed by atoms with Gasteiger partial charge in [0.25, 0.3) is 0 Å². The van der Waals surface area contributed by atoms with Crippen LogP contribution in [0.2, 0.25) is 0 Å². The number of rotatable bonds is 1. The Morgan fingerprint density at radius 1 is 1.36 bits per heavy atom. The molecule has 0 amide bonds. The lowest BCUT2D eigenvalue weighted by Crippen LogP contribution is -2.48. The molecule has 0 fully saturated rings. The number of hydrogen-bond acceptors (Lipinski definition) is 3. The van der Waals surface area contributed by atoms with Gasteiger partial charge < -0.3 is 9.64 Å². The molecular weight excluding hydrogens is 140 g/mol. The molecule has 0 aliphatic carbocycles. The third-order valence-electron chi connectivity index (χ3n) is 2.31. The lowest BCUT2D eigenvalue weighted by molar-refractivity contribution is -0.0449. The van der Waals surface area contributed by atoms with Crippen LogP contribution in [0.25, 0.3) is 0 Å². The van der Waals surface area contributed by atoms with Crippen LogP contribution in [0.1, 0.15) is 6.92 Å². The van der Waals surface area contributed by atoms with E-state index in [1.807, 2.05) is 6.08 Å². The van der Waals surface area contributed by atoms with Crippen molar-refractivity contribution in [2.24, 2.45) is 0 Å². The lowest BCUT2D eigenvalue weighted by atomic mass is 10.3. The molecule has 0 N–H and O–H groups in total. The topological polar surface area (TPSA) is 15.7 Å². The molecule has 64 valence electrons. The van der Waals surface area contributed by atoms with E-state index < -0.39 is 0 Å². The van der Waals surface area contributed by atoms with Crippen molar-refractivity contribution in [2.75, 3.05) is 21.2 Å². The zero-order valence-electron chi connectivity index (χ0n) is 7.61. The van der Waals surface area contributed by atoms with Crippen LogP contribution in [-0.4, -0.2) is 43.4 Å². The molecule has 11 heavy (non-hydrogen) atoms. The predicted octanol–water partition coefficient (Wildman–Crippen LogP) is 0.696. The van der Waals surface area contributed by atoms with Crippen LogP contribution in [0.3, 0.4) is 0 Å². The van der Waals surface area contributed by atoms with E-state index in [4.69, 9.17) is 4.74 Å². The molecule has 0 radical (unpaired) electrons. The molecule has 2 unspecified atom stereocenters. The van der Waals surface area contributed by atoms with Crippen molar-refractivity contribution in [1.82, 2.24) is 9.80 Å². The first-order valence-corrected chi connectivity index (χ1v) is 3.82. The molecule has 0 saturated heterocycles. The highest BCUT2D eigenvalue weighted by atomic mass is 16.5. The molecule has 0 aromatic carbocycles. The monoisotopic (exact) mass is 156 g/mol. The lowest BCUT2D eigenvalue weighted by Gasteiger charge is -2.39. The third kappa shape index (κ3) is 1.54. The van der Waals surface area contributed by atoms with E-state index in [1.54, 1.807) is 7.11 Å². The van der Waals surface area contributed by atoms with Crippen LogP contribution in [0.5, 0.6) is 0 Å². The highest BCUT2D eigenvalue weighted by Gasteiger charge is 2.22. The van der Waals surface area contributed by atoms with Crippen LogP contribution in [0.15, 0.2) is 12.3 Å². The Balaban J connectivity index is 2.68. The van der Waals surface area contributed by atoms with Crippen molar-refractivity contribution in [3.8, 4) is 0 Å². The first-order chi connectivity index (χ1) is 5.16. The number of nitrogens with zero attached hydrogens (tertiary/aromatic N) is 2. The average Bonchev–Trinajstić information content (AvgIpc) is 2.01. The van der Waals surface area contributed by atoms with Gasteiger partial charge in [0.2, 0.25) is 0 Å². The molecule has 0 aromatic rings. The summed E-state index contributed by atoms with van der Waals surface area (Å²) in [7, 11) is 5.84. The van der Waals surface area contributed by atoms with Crippen molar-refractivity contribution in [3.63, 3.8) is 0 Å². The quantitative estimate of drug-likeness (QED) is 0.555. The number of hydrogen-bond donors (Lipinski definition) is 0. The van der Waals surface area contributed by atoms with E-state index in [9.17, 15) is 0 Å². The van der Waals surface area contributed by atoms with Gasteiger partial charge in [0.05, 0.1) is 6.17 Å². The average molecular weight is 156 g/mol. The SMILES string of the molecule is COC1C=CN(C)C(C)N1C. The van der Waals surface area contributed by atoms with Crippen molar-refractivity contribution < 1.29 is 4.74 Å². The highest BCUT2D eigenvalue weighted by molar-refractivity contribution is 4.95. The predicted molar refractivity (Wildman–Crippen MR) is 44.9 cm³/mol. The Morgan fingerprint density at radius 2 is 2.00 bits per heavy atom. The van der Waals surface area contributed by atoms with Gasteiger partial charge >= 0.3 is 0 Å². The smallest absolute Gasteiger partial charge is 0.132 e. The summed E-state index contributed by atoms with van der Waals surface area (Å²) < 4.78 is 5.23. The highest BCUT2D eigenvalue weighted by Crippen LogP contribution is 2.13. The van der Waals surface area contributed by atoms with Gasteiger partial charge in [-0.05, 0) is 20.0 Å². The van der Waals surface area contributed by atoms with Gasteiger partial charge in [-0.2, -0.15) is 0 Å². The summed E-state index contributed by atoms with van der Waals surface area (Å²) >= 11 is 0. The summed E-state index contributed by atoms with van der Waals surface area (Å²) in [5, 5.41) is 0. The second-order valence-electron chi connectivity index (χ2n) is 2.93. The first-order valence-electron chi connectivity index (χ1n) is 3.82. The molecule has 2 atom stereocenters. The maximum Gasteiger partial charge on any atom is 0.132 e. The van der Waals surface area contributed by atoms with E-state index in [2.05, 4.69) is 37.0 Å². The summed E-state index contributed by atoms with van der Waals surface area (Å²) in [5.41, 5.74) is 0. The minimum atomic E-state index is 0.126. The van der Waals surface area contributed by atoms with E-state index in [0.29, 0.717) is 6.17 Å². The first kappa shape index (κ1) is 8.56. The van der Waals surface area contributed by atoms with Crippen LogP contribution in [-0.2, 0) is 4.74 Å². The van der Waals surface area contributed by atoms with Gasteiger partial charge in [-0.1, -0.05) is 0 Å². The molecule has 1 aliphatic rings. The van der Waals surface area contributed by atoms with Crippen molar-refractivity contribution in [1.29, 1.82) is 0 Å². The molecule has 1 rings (SSSR count). The molecule has 1 aliphatic heterocycles. The minimum Gasteiger partial charge on any atom is -0.365 e. The molecule has 0 spiro atoms. The molecule has 3 heteroatoms. The number of methoxy groups -OCH3 is 1. The Kier molecular flexibility index (Phi) is 2.52. The van der Waals surface area contributed by atoms with Crippen LogP contribution in [0.4, 0.5) is 0 Å². The molecule has 1 heterocycles. The van der Waals surface area contributed by atoms with Crippen molar-refractivity contribution >= 4 is 0 Å². The summed E-state index contributed by atoms with van der Waals surface area (Å²) in [6, 6.07) is 0. The van der Waals surface area contributed by atoms with Gasteiger partial charge in [-0.15, -0.1) is 0 Å². The number of likely N-dealkylation sites (N-methyl/N-ethyl adjacent to an activating group) is 1. The van der Waals surface area contributed by atoms with Gasteiger partial charge in [0, 0.05) is 20.4 Å². The normalized spacial score (nSPS) is 32.9. The summed E-state index contributed by atoms with van der Waals surface area (Å²) in [6.45, 7) is 2.15.